The molecule has 3 heterocycles. The molecule has 6 nitrogen and oxygen atoms in total. The van der Waals surface area contributed by atoms with Gasteiger partial charge in [-0.15, -0.1) is 0 Å². The number of hydrogen-bond acceptors (Lipinski definition) is 4. The monoisotopic (exact) mass is 711 g/mol. The number of halogens is 4. The van der Waals surface area contributed by atoms with Crippen molar-refractivity contribution in [3.63, 3.8) is 0 Å². The highest BCUT2D eigenvalue weighted by Crippen LogP contribution is 2.57. The predicted octanol–water partition coefficient (Wildman–Crippen LogP) is 9.11. The number of aliphatic imine (C=N–C) groups is 1. The van der Waals surface area contributed by atoms with Crippen LogP contribution < -0.4 is 5.30 Å². The predicted molar refractivity (Wildman–Crippen MR) is 181 cm³/mol. The van der Waals surface area contributed by atoms with Gasteiger partial charge in [-0.05, 0) is 86.3 Å². The largest absolute Gasteiger partial charge is 0.431 e. The molecule has 3 aromatic carbocycles. The van der Waals surface area contributed by atoms with Gasteiger partial charge in [0, 0.05) is 45.8 Å². The van der Waals surface area contributed by atoms with Crippen molar-refractivity contribution in [1.82, 2.24) is 19.0 Å². The van der Waals surface area contributed by atoms with Crippen LogP contribution in [0.4, 0.5) is 19.0 Å². The Morgan fingerprint density at radius 2 is 1.58 bits per heavy atom. The molecule has 0 bridgehead atoms. The van der Waals surface area contributed by atoms with E-state index in [-0.39, 0.29) is 0 Å². The van der Waals surface area contributed by atoms with E-state index in [0.717, 1.165) is 44.0 Å². The highest BCUT2D eigenvalue weighted by Gasteiger charge is 2.43. The molecule has 0 amide bonds. The molecular weight excluding hydrogens is 682 g/mol. The maximum Gasteiger partial charge on any atom is 0.416 e. The van der Waals surface area contributed by atoms with Gasteiger partial charge in [-0.2, -0.15) is 23.3 Å². The van der Waals surface area contributed by atoms with Crippen LogP contribution >= 0.6 is 22.3 Å². The molecule has 2 aromatic heterocycles. The molecule has 5 aromatic rings. The van der Waals surface area contributed by atoms with Crippen LogP contribution in [0.5, 0.6) is 0 Å². The van der Waals surface area contributed by atoms with Gasteiger partial charge in [0.2, 0.25) is 12.3 Å². The summed E-state index contributed by atoms with van der Waals surface area (Å²) in [6, 6.07) is 24.7. The fourth-order valence-corrected chi connectivity index (χ4v) is 9.82. The molecule has 1 atom stereocenters. The maximum absolute atomic E-state index is 13.6. The van der Waals surface area contributed by atoms with E-state index in [2.05, 4.69) is 20.6 Å². The van der Waals surface area contributed by atoms with Crippen LogP contribution in [0.25, 0.3) is 22.6 Å². The van der Waals surface area contributed by atoms with Crippen molar-refractivity contribution >= 4 is 51.2 Å². The van der Waals surface area contributed by atoms with Gasteiger partial charge in [-0.25, -0.2) is 9.35 Å². The summed E-state index contributed by atoms with van der Waals surface area (Å²) in [5.41, 5.74) is 4.14. The molecule has 0 saturated heterocycles. The van der Waals surface area contributed by atoms with Crippen LogP contribution in [0.1, 0.15) is 36.4 Å². The van der Waals surface area contributed by atoms with Crippen molar-refractivity contribution in [2.24, 2.45) is 4.99 Å². The van der Waals surface area contributed by atoms with Crippen LogP contribution in [0.15, 0.2) is 94.4 Å². The SMILES string of the molecule is CCN(CC)P1(=S)OC(c2ccc(Br)cc2)=Nc2c1c(-c1cc(C)n(-c3cccc(C(F)(F)F)c3)c1C)nn2-c1ccccc1. The molecule has 12 heteroatoms. The van der Waals surface area contributed by atoms with Crippen molar-refractivity contribution in [1.29, 1.82) is 0 Å². The number of fused-ring (bicyclic) bond motifs is 1. The molecule has 232 valence electrons. The fraction of sp³-hybridized carbons (Fsp3) is 0.212. The van der Waals surface area contributed by atoms with Crippen LogP contribution in [-0.4, -0.2) is 38.0 Å². The van der Waals surface area contributed by atoms with Gasteiger partial charge in [0.25, 0.3) is 0 Å². The second kappa shape index (κ2) is 12.0. The van der Waals surface area contributed by atoms with E-state index < -0.39 is 18.2 Å². The summed E-state index contributed by atoms with van der Waals surface area (Å²) in [5.74, 6) is 1.00. The van der Waals surface area contributed by atoms with Gasteiger partial charge >= 0.3 is 6.18 Å². The van der Waals surface area contributed by atoms with Gasteiger partial charge < -0.3 is 9.09 Å². The lowest BCUT2D eigenvalue weighted by atomic mass is 10.1. The summed E-state index contributed by atoms with van der Waals surface area (Å²) in [5, 5.41) is 5.87. The van der Waals surface area contributed by atoms with Crippen LogP contribution in [0, 0.1) is 13.8 Å². The van der Waals surface area contributed by atoms with E-state index in [1.165, 1.54) is 12.1 Å². The third-order valence-electron chi connectivity index (χ3n) is 7.85. The van der Waals surface area contributed by atoms with Crippen molar-refractivity contribution in [2.45, 2.75) is 33.9 Å². The van der Waals surface area contributed by atoms with Crippen molar-refractivity contribution in [3.05, 3.63) is 112 Å². The van der Waals surface area contributed by atoms with Gasteiger partial charge in [-0.1, -0.05) is 54.0 Å². The second-order valence-corrected chi connectivity index (χ2v) is 15.2. The molecule has 6 rings (SSSR count). The number of para-hydroxylation sites is 1. The molecule has 1 unspecified atom stereocenters. The molecule has 0 aliphatic carbocycles. The van der Waals surface area contributed by atoms with Crippen LogP contribution in [0.3, 0.4) is 0 Å². The van der Waals surface area contributed by atoms with Crippen LogP contribution in [0.2, 0.25) is 0 Å². The number of aryl methyl sites for hydroxylation is 1. The molecule has 45 heavy (non-hydrogen) atoms. The third kappa shape index (κ3) is 5.60. The average Bonchev–Trinajstić information content (AvgIpc) is 3.55. The summed E-state index contributed by atoms with van der Waals surface area (Å²) >= 11 is 10.1. The molecule has 1 aliphatic rings. The lowest BCUT2D eigenvalue weighted by Gasteiger charge is -2.36. The molecular formula is C33H30BrF3N5OPS. The number of aromatic nitrogens is 3. The Bertz CT molecular complexity index is 1960. The molecule has 0 saturated carbocycles. The molecule has 0 radical (unpaired) electrons. The third-order valence-corrected chi connectivity index (χ3v) is 12.5. The Kier molecular flexibility index (Phi) is 8.41. The summed E-state index contributed by atoms with van der Waals surface area (Å²) in [6.45, 7) is 9.13. The smallest absolute Gasteiger partial charge is 0.416 e. The summed E-state index contributed by atoms with van der Waals surface area (Å²) in [4.78, 5) is 5.05. The van der Waals surface area contributed by atoms with E-state index in [1.54, 1.807) is 10.7 Å². The Morgan fingerprint density at radius 3 is 2.22 bits per heavy atom. The number of benzene rings is 3. The second-order valence-electron chi connectivity index (χ2n) is 10.6. The topological polar surface area (TPSA) is 47.6 Å². The number of rotatable bonds is 7. The Morgan fingerprint density at radius 1 is 0.911 bits per heavy atom. The summed E-state index contributed by atoms with van der Waals surface area (Å²) < 4.78 is 54.4. The molecule has 0 N–H and O–H groups in total. The Hall–Kier alpha value is -3.50. The minimum atomic E-state index is -4.46. The minimum absolute atomic E-state index is 0.414. The first-order chi connectivity index (χ1) is 21.5. The van der Waals surface area contributed by atoms with Gasteiger partial charge in [0.15, 0.2) is 5.82 Å². The number of nitrogens with zero attached hydrogens (tertiary/aromatic N) is 5. The van der Waals surface area contributed by atoms with Crippen LogP contribution in [-0.2, 0) is 22.5 Å². The van der Waals surface area contributed by atoms with Gasteiger partial charge in [-0.3, -0.25) is 0 Å². The minimum Gasteiger partial charge on any atom is -0.431 e. The van der Waals surface area contributed by atoms with Crippen molar-refractivity contribution in [3.8, 4) is 22.6 Å². The van der Waals surface area contributed by atoms with E-state index in [4.69, 9.17) is 26.4 Å². The highest BCUT2D eigenvalue weighted by molar-refractivity contribution is 9.10. The lowest BCUT2D eigenvalue weighted by Crippen LogP contribution is -2.31. The maximum atomic E-state index is 13.6. The average molecular weight is 713 g/mol. The van der Waals surface area contributed by atoms with E-state index in [0.29, 0.717) is 36.2 Å². The highest BCUT2D eigenvalue weighted by atomic mass is 79.9. The first-order valence-corrected chi connectivity index (χ1v) is 17.9. The number of alkyl halides is 3. The standard InChI is InChI=1S/C33H30BrF3N5OPS/c1-5-40(6-2)44(45)30-29(28-19-21(3)41(22(28)4)27-14-10-11-24(20-27)33(35,36)37)39-42(26-12-8-7-9-13-26)31(30)38-32(43-44)23-15-17-25(34)18-16-23/h7-20H,5-6H2,1-4H3. The van der Waals surface area contributed by atoms with E-state index >= 15 is 0 Å². The molecule has 0 spiro atoms. The first kappa shape index (κ1) is 31.5. The zero-order chi connectivity index (χ0) is 32.1. The lowest BCUT2D eigenvalue weighted by molar-refractivity contribution is -0.137. The van der Waals surface area contributed by atoms with E-state index in [9.17, 15) is 13.2 Å². The zero-order valence-electron chi connectivity index (χ0n) is 25.0. The number of hydrogen-bond donors (Lipinski definition) is 0. The quantitative estimate of drug-likeness (QED) is 0.158. The normalized spacial score (nSPS) is 16.4. The molecule has 0 fully saturated rings. The fourth-order valence-electron chi connectivity index (χ4n) is 5.70. The summed E-state index contributed by atoms with van der Waals surface area (Å²) in [7, 11) is 0. The van der Waals surface area contributed by atoms with Gasteiger partial charge in [0.05, 0.1) is 11.3 Å². The zero-order valence-corrected chi connectivity index (χ0v) is 28.3. The van der Waals surface area contributed by atoms with Crippen molar-refractivity contribution in [2.75, 3.05) is 13.1 Å². The molecule has 1 aliphatic heterocycles. The first-order valence-electron chi connectivity index (χ1n) is 14.4. The Labute approximate surface area is 273 Å². The Balaban J connectivity index is 1.64. The summed E-state index contributed by atoms with van der Waals surface area (Å²) in [6.07, 6.45) is -7.45. The van der Waals surface area contributed by atoms with Gasteiger partial charge in [0.1, 0.15) is 11.0 Å². The van der Waals surface area contributed by atoms with Crippen molar-refractivity contribution < 1.29 is 17.7 Å². The van der Waals surface area contributed by atoms with E-state index in [1.807, 2.05) is 92.9 Å².